The summed E-state index contributed by atoms with van der Waals surface area (Å²) in [4.78, 5) is 1.22. The van der Waals surface area contributed by atoms with E-state index in [0.717, 1.165) is 12.8 Å². The van der Waals surface area contributed by atoms with Crippen LogP contribution in [0.25, 0.3) is 0 Å². The molecule has 1 heterocycles. The van der Waals surface area contributed by atoms with E-state index >= 15 is 0 Å². The topological polar surface area (TPSA) is 12.5 Å². The van der Waals surface area contributed by atoms with E-state index in [9.17, 15) is 0 Å². The molecule has 1 saturated heterocycles. The van der Waals surface area contributed by atoms with Crippen molar-refractivity contribution in [3.05, 3.63) is 34.9 Å². The van der Waals surface area contributed by atoms with Gasteiger partial charge in [0.05, 0.1) is 78.5 Å². The Labute approximate surface area is 199 Å². The van der Waals surface area contributed by atoms with Crippen molar-refractivity contribution >= 4 is 90.1 Å². The van der Waals surface area contributed by atoms with E-state index in [4.69, 9.17) is 94.8 Å². The molecule has 1 aliphatic rings. The number of ether oxygens (including phenoxy) is 1. The van der Waals surface area contributed by atoms with Crippen molar-refractivity contribution in [1.29, 1.82) is 0 Å². The Balaban J connectivity index is 1.91. The number of piperidine rings is 1. The van der Waals surface area contributed by atoms with Crippen LogP contribution in [0.2, 0.25) is 20.7 Å². The number of halogens is 1. The van der Waals surface area contributed by atoms with Crippen LogP contribution < -0.4 is 0 Å². The van der Waals surface area contributed by atoms with E-state index in [1.165, 1.54) is 10.5 Å². The second-order valence-corrected chi connectivity index (χ2v) is 8.54. The van der Waals surface area contributed by atoms with Gasteiger partial charge in [0, 0.05) is 18.2 Å². The lowest BCUT2D eigenvalue weighted by molar-refractivity contribution is 0.0682. The number of rotatable bonds is 8. The summed E-state index contributed by atoms with van der Waals surface area (Å²) < 4.78 is 5.66. The standard InChI is InChI=1S/C17H16B10ClNO/c18-13(19)14(20,21)16(24,25)29(17(26,27)15(13,22)23)8-2-10-30-9-1-3-11-4-6-12(28)7-5-11/h4-7H,1-3,8-10H2. The number of benzene rings is 1. The van der Waals surface area contributed by atoms with Crippen LogP contribution in [0.4, 0.5) is 0 Å². The van der Waals surface area contributed by atoms with E-state index in [2.05, 4.69) is 0 Å². The lowest BCUT2D eigenvalue weighted by Gasteiger charge is -2.78. The minimum Gasteiger partial charge on any atom is -0.381 e. The van der Waals surface area contributed by atoms with Gasteiger partial charge >= 0.3 is 0 Å². The minimum absolute atomic E-state index is 0.138. The summed E-state index contributed by atoms with van der Waals surface area (Å²) in [6.07, 6.45) is 2.15. The lowest BCUT2D eigenvalue weighted by atomic mass is 9.05. The van der Waals surface area contributed by atoms with Crippen LogP contribution in [0, 0.1) is 0 Å². The van der Waals surface area contributed by atoms with Crippen LogP contribution >= 0.6 is 11.6 Å². The maximum atomic E-state index is 6.18. The quantitative estimate of drug-likeness (QED) is 0.429. The predicted molar refractivity (Wildman–Crippen MR) is 133 cm³/mol. The van der Waals surface area contributed by atoms with Gasteiger partial charge in [0.25, 0.3) is 0 Å². The highest BCUT2D eigenvalue weighted by atomic mass is 35.5. The Kier molecular flexibility index (Phi) is 8.02. The fourth-order valence-electron chi connectivity index (χ4n) is 3.58. The monoisotopic (exact) mass is 395 g/mol. The second-order valence-electron chi connectivity index (χ2n) is 8.11. The molecule has 0 saturated carbocycles. The van der Waals surface area contributed by atoms with Crippen molar-refractivity contribution < 1.29 is 4.74 Å². The molecular weight excluding hydrogens is 378 g/mol. The van der Waals surface area contributed by atoms with E-state index in [1.54, 1.807) is 0 Å². The third-order valence-electron chi connectivity index (χ3n) is 5.93. The molecule has 1 aromatic rings. The largest absolute Gasteiger partial charge is 0.381 e. The summed E-state index contributed by atoms with van der Waals surface area (Å²) in [6, 6.07) is 7.68. The molecule has 0 spiro atoms. The van der Waals surface area contributed by atoms with Crippen LogP contribution in [-0.4, -0.2) is 114 Å². The first-order chi connectivity index (χ1) is 13.6. The maximum Gasteiger partial charge on any atom is 0.0811 e. The van der Waals surface area contributed by atoms with Gasteiger partial charge in [-0.1, -0.05) is 34.4 Å². The summed E-state index contributed by atoms with van der Waals surface area (Å²) in [5.41, 5.74) is 1.18. The Morgan fingerprint density at radius 2 is 1.17 bits per heavy atom. The molecule has 1 aliphatic heterocycles. The molecule has 0 bridgehead atoms. The molecule has 1 fully saturated rings. The van der Waals surface area contributed by atoms with Gasteiger partial charge in [-0.2, -0.15) is 0 Å². The molecule has 0 aromatic heterocycles. The summed E-state index contributed by atoms with van der Waals surface area (Å²) in [5.74, 6) is 0. The van der Waals surface area contributed by atoms with Crippen molar-refractivity contribution in [2.75, 3.05) is 19.8 Å². The summed E-state index contributed by atoms with van der Waals surface area (Å²) in [7, 11) is 61.1. The third kappa shape index (κ3) is 4.44. The van der Waals surface area contributed by atoms with Gasteiger partial charge in [0.1, 0.15) is 0 Å². The van der Waals surface area contributed by atoms with Crippen LogP contribution in [0.5, 0.6) is 0 Å². The Hall–Kier alpha value is 0.0794. The second kappa shape index (κ2) is 9.14. The normalized spacial score (nSPS) is 23.6. The van der Waals surface area contributed by atoms with Crippen molar-refractivity contribution in [2.24, 2.45) is 0 Å². The molecule has 0 atom stereocenters. The molecule has 132 valence electrons. The molecule has 0 N–H and O–H groups in total. The van der Waals surface area contributed by atoms with Crippen molar-refractivity contribution in [3.63, 3.8) is 0 Å². The van der Waals surface area contributed by atoms with E-state index in [-0.39, 0.29) is 6.54 Å². The fourth-order valence-corrected chi connectivity index (χ4v) is 3.71. The molecular formula is C17H16B10ClNO. The first kappa shape index (κ1) is 26.3. The van der Waals surface area contributed by atoms with Crippen LogP contribution in [0.3, 0.4) is 0 Å². The number of nitrogens with zero attached hydrogens (tertiary/aromatic N) is 1. The number of hydrogen-bond donors (Lipinski definition) is 0. The smallest absolute Gasteiger partial charge is 0.0811 e. The molecule has 0 unspecified atom stereocenters. The highest BCUT2D eigenvalue weighted by molar-refractivity contribution is 6.69. The summed E-state index contributed by atoms with van der Waals surface area (Å²) >= 11 is 5.88. The van der Waals surface area contributed by atoms with Gasteiger partial charge in [-0.25, -0.2) is 0 Å². The third-order valence-corrected chi connectivity index (χ3v) is 6.18. The molecule has 2 rings (SSSR count). The van der Waals surface area contributed by atoms with E-state index in [1.807, 2.05) is 24.3 Å². The molecule has 13 heteroatoms. The SMILES string of the molecule is [B]C1([B])N(CCCOCCCc2ccc(Cl)cc2)C([B])([B])C([B])([B])C([B])([B])C1([B])[B]. The number of aryl methyl sites for hydroxylation is 1. The maximum absolute atomic E-state index is 6.18. The van der Waals surface area contributed by atoms with Crippen molar-refractivity contribution in [3.8, 4) is 0 Å². The van der Waals surface area contributed by atoms with Gasteiger partial charge in [-0.15, -0.1) is 15.6 Å². The molecule has 20 radical (unpaired) electrons. The minimum atomic E-state index is -2.18. The van der Waals surface area contributed by atoms with Crippen molar-refractivity contribution in [2.45, 2.75) is 45.6 Å². The van der Waals surface area contributed by atoms with Gasteiger partial charge < -0.3 is 9.64 Å². The molecule has 2 nitrogen and oxygen atoms in total. The Morgan fingerprint density at radius 1 is 0.700 bits per heavy atom. The highest BCUT2D eigenvalue weighted by Gasteiger charge is 2.63. The fraction of sp³-hybridized carbons (Fsp3) is 0.647. The zero-order chi connectivity index (χ0) is 23.0. The highest BCUT2D eigenvalue weighted by Crippen LogP contribution is 2.68. The zero-order valence-electron chi connectivity index (χ0n) is 17.1. The first-order valence-corrected chi connectivity index (χ1v) is 9.97. The van der Waals surface area contributed by atoms with Crippen LogP contribution in [0.15, 0.2) is 24.3 Å². The molecule has 0 amide bonds. The van der Waals surface area contributed by atoms with Crippen molar-refractivity contribution in [1.82, 2.24) is 4.90 Å². The lowest BCUT2D eigenvalue weighted by Crippen LogP contribution is -2.80. The van der Waals surface area contributed by atoms with Gasteiger partial charge in [-0.05, 0) is 43.5 Å². The zero-order valence-corrected chi connectivity index (χ0v) is 17.8. The van der Waals surface area contributed by atoms with Gasteiger partial charge in [0.2, 0.25) is 0 Å². The molecule has 30 heavy (non-hydrogen) atoms. The molecule has 0 aliphatic carbocycles. The van der Waals surface area contributed by atoms with Gasteiger partial charge in [-0.3, -0.25) is 0 Å². The number of likely N-dealkylation sites (tertiary alicyclic amines) is 1. The summed E-state index contributed by atoms with van der Waals surface area (Å²) in [5, 5.41) is -9.72. The Bertz CT molecular complexity index is 696. The van der Waals surface area contributed by atoms with E-state index in [0.29, 0.717) is 24.7 Å². The average Bonchev–Trinajstić information content (AvgIpc) is 2.63. The first-order valence-electron chi connectivity index (χ1n) is 9.59. The van der Waals surface area contributed by atoms with Gasteiger partial charge in [0.15, 0.2) is 0 Å². The Morgan fingerprint density at radius 3 is 1.67 bits per heavy atom. The van der Waals surface area contributed by atoms with Crippen LogP contribution in [-0.2, 0) is 11.2 Å². The van der Waals surface area contributed by atoms with Crippen LogP contribution in [0.1, 0.15) is 18.4 Å². The summed E-state index contributed by atoms with van der Waals surface area (Å²) in [6.45, 7) is 1.07. The number of hydrogen-bond acceptors (Lipinski definition) is 2. The van der Waals surface area contributed by atoms with E-state index < -0.39 is 26.3 Å². The molecule has 1 aromatic carbocycles. The predicted octanol–water partition coefficient (Wildman–Crippen LogP) is -0.664. The average molecular weight is 394 g/mol.